The lowest BCUT2D eigenvalue weighted by Gasteiger charge is -2.10. The molecule has 112 valence electrons. The van der Waals surface area contributed by atoms with Crippen LogP contribution < -0.4 is 0 Å². The van der Waals surface area contributed by atoms with E-state index in [1.54, 1.807) is 30.1 Å². The van der Waals surface area contributed by atoms with Crippen molar-refractivity contribution in [1.29, 1.82) is 0 Å². The van der Waals surface area contributed by atoms with Gasteiger partial charge in [-0.25, -0.2) is 14.4 Å². The standard InChI is InChI=1S/C19H13FN2S/c1-12-4-9-17-15(11-12)18(13-5-7-14(20)8-6-13)22-16-3-2-10-21-19(16)23-17/h2-11H,1H3. The number of aliphatic imine (C=N–C) groups is 1. The van der Waals surface area contributed by atoms with Crippen LogP contribution in [0.25, 0.3) is 0 Å². The minimum atomic E-state index is -0.246. The number of aromatic nitrogens is 1. The van der Waals surface area contributed by atoms with Crippen molar-refractivity contribution in [1.82, 2.24) is 4.98 Å². The van der Waals surface area contributed by atoms with Crippen molar-refractivity contribution in [2.45, 2.75) is 16.8 Å². The van der Waals surface area contributed by atoms with Crippen LogP contribution in [-0.4, -0.2) is 10.7 Å². The molecule has 4 heteroatoms. The van der Waals surface area contributed by atoms with Gasteiger partial charge in [0.25, 0.3) is 0 Å². The average Bonchev–Trinajstić information content (AvgIpc) is 2.72. The zero-order valence-corrected chi connectivity index (χ0v) is 13.3. The first kappa shape index (κ1) is 14.2. The number of hydrogen-bond donors (Lipinski definition) is 0. The first-order chi connectivity index (χ1) is 11.2. The predicted molar refractivity (Wildman–Crippen MR) is 91.2 cm³/mol. The van der Waals surface area contributed by atoms with E-state index in [0.717, 1.165) is 38.0 Å². The van der Waals surface area contributed by atoms with E-state index in [0.29, 0.717) is 0 Å². The Morgan fingerprint density at radius 3 is 2.65 bits per heavy atom. The number of pyridine rings is 1. The summed E-state index contributed by atoms with van der Waals surface area (Å²) in [6.45, 7) is 2.06. The van der Waals surface area contributed by atoms with Crippen molar-refractivity contribution in [2.75, 3.05) is 0 Å². The van der Waals surface area contributed by atoms with E-state index < -0.39 is 0 Å². The molecular weight excluding hydrogens is 307 g/mol. The second-order valence-electron chi connectivity index (χ2n) is 5.40. The van der Waals surface area contributed by atoms with E-state index in [2.05, 4.69) is 30.1 Å². The summed E-state index contributed by atoms with van der Waals surface area (Å²) in [6, 6.07) is 16.6. The van der Waals surface area contributed by atoms with Crippen LogP contribution in [0.1, 0.15) is 16.7 Å². The summed E-state index contributed by atoms with van der Waals surface area (Å²) in [5.74, 6) is -0.246. The summed E-state index contributed by atoms with van der Waals surface area (Å²) >= 11 is 1.61. The molecule has 2 nitrogen and oxygen atoms in total. The molecule has 0 amide bonds. The van der Waals surface area contributed by atoms with Gasteiger partial charge in [0.2, 0.25) is 0 Å². The van der Waals surface area contributed by atoms with Crippen molar-refractivity contribution in [3.8, 4) is 0 Å². The first-order valence-electron chi connectivity index (χ1n) is 7.29. The molecule has 2 aromatic carbocycles. The van der Waals surface area contributed by atoms with Crippen LogP contribution in [0, 0.1) is 12.7 Å². The molecule has 0 saturated carbocycles. The Balaban J connectivity index is 1.99. The number of aryl methyl sites for hydroxylation is 1. The normalized spacial score (nSPS) is 12.9. The van der Waals surface area contributed by atoms with Gasteiger partial charge in [0.05, 0.1) is 11.4 Å². The molecule has 1 aliphatic rings. The van der Waals surface area contributed by atoms with Crippen LogP contribution in [0.15, 0.2) is 75.7 Å². The fourth-order valence-corrected chi connectivity index (χ4v) is 3.52. The molecule has 1 aromatic heterocycles. The highest BCUT2D eigenvalue weighted by Crippen LogP contribution is 2.39. The van der Waals surface area contributed by atoms with Gasteiger partial charge in [0.15, 0.2) is 0 Å². The Bertz CT molecular complexity index is 917. The third kappa shape index (κ3) is 2.66. The van der Waals surface area contributed by atoms with E-state index >= 15 is 0 Å². The van der Waals surface area contributed by atoms with Crippen LogP contribution in [0.4, 0.5) is 10.1 Å². The number of halogens is 1. The van der Waals surface area contributed by atoms with Crippen molar-refractivity contribution < 1.29 is 4.39 Å². The van der Waals surface area contributed by atoms with E-state index in [-0.39, 0.29) is 5.82 Å². The second-order valence-corrected chi connectivity index (χ2v) is 6.43. The van der Waals surface area contributed by atoms with Crippen LogP contribution in [-0.2, 0) is 0 Å². The highest BCUT2D eigenvalue weighted by atomic mass is 32.2. The Labute approximate surface area is 138 Å². The number of rotatable bonds is 1. The zero-order chi connectivity index (χ0) is 15.8. The van der Waals surface area contributed by atoms with Gasteiger partial charge >= 0.3 is 0 Å². The van der Waals surface area contributed by atoms with Gasteiger partial charge in [-0.3, -0.25) is 0 Å². The van der Waals surface area contributed by atoms with Crippen molar-refractivity contribution in [3.63, 3.8) is 0 Å². The summed E-state index contributed by atoms with van der Waals surface area (Å²) in [5.41, 5.74) is 4.81. The van der Waals surface area contributed by atoms with Crippen molar-refractivity contribution in [3.05, 3.63) is 83.3 Å². The molecule has 0 bridgehead atoms. The molecule has 0 atom stereocenters. The lowest BCUT2D eigenvalue weighted by Crippen LogP contribution is -2.04. The van der Waals surface area contributed by atoms with E-state index in [1.165, 1.54) is 12.1 Å². The molecule has 0 N–H and O–H groups in total. The van der Waals surface area contributed by atoms with Crippen LogP contribution in [0.3, 0.4) is 0 Å². The minimum absolute atomic E-state index is 0.246. The van der Waals surface area contributed by atoms with Gasteiger partial charge in [-0.2, -0.15) is 0 Å². The molecule has 0 aliphatic carbocycles. The summed E-state index contributed by atoms with van der Waals surface area (Å²) < 4.78 is 13.3. The molecule has 4 rings (SSSR count). The van der Waals surface area contributed by atoms with Crippen molar-refractivity contribution in [2.24, 2.45) is 4.99 Å². The third-order valence-corrected chi connectivity index (χ3v) is 4.78. The van der Waals surface area contributed by atoms with Gasteiger partial charge in [0.1, 0.15) is 10.8 Å². The number of benzene rings is 2. The molecule has 2 heterocycles. The van der Waals surface area contributed by atoms with Crippen molar-refractivity contribution >= 4 is 23.2 Å². The molecule has 3 aromatic rings. The average molecular weight is 320 g/mol. The Morgan fingerprint density at radius 2 is 1.83 bits per heavy atom. The maximum Gasteiger partial charge on any atom is 0.126 e. The maximum atomic E-state index is 13.3. The molecule has 0 unspecified atom stereocenters. The van der Waals surface area contributed by atoms with Gasteiger partial charge in [-0.1, -0.05) is 23.4 Å². The summed E-state index contributed by atoms with van der Waals surface area (Å²) in [7, 11) is 0. The third-order valence-electron chi connectivity index (χ3n) is 3.70. The number of fused-ring (bicyclic) bond motifs is 2. The second kappa shape index (κ2) is 5.63. The summed E-state index contributed by atoms with van der Waals surface area (Å²) in [4.78, 5) is 10.4. The molecule has 0 saturated heterocycles. The molecule has 1 aliphatic heterocycles. The minimum Gasteiger partial charge on any atom is -0.247 e. The van der Waals surface area contributed by atoms with Gasteiger partial charge in [-0.15, -0.1) is 0 Å². The number of nitrogens with zero attached hydrogens (tertiary/aromatic N) is 2. The fourth-order valence-electron chi connectivity index (χ4n) is 2.58. The van der Waals surface area contributed by atoms with E-state index in [1.807, 2.05) is 12.1 Å². The van der Waals surface area contributed by atoms with Gasteiger partial charge in [-0.05, 0) is 55.5 Å². The molecule has 0 fully saturated rings. The Kier molecular flexibility index (Phi) is 3.46. The first-order valence-corrected chi connectivity index (χ1v) is 8.11. The fraction of sp³-hybridized carbons (Fsp3) is 0.0526. The summed E-state index contributed by atoms with van der Waals surface area (Å²) in [6.07, 6.45) is 1.78. The Hall–Kier alpha value is -2.46. The molecule has 23 heavy (non-hydrogen) atoms. The summed E-state index contributed by atoms with van der Waals surface area (Å²) in [5, 5.41) is 0.884. The van der Waals surface area contributed by atoms with Crippen LogP contribution >= 0.6 is 11.8 Å². The monoisotopic (exact) mass is 320 g/mol. The van der Waals surface area contributed by atoms with E-state index in [9.17, 15) is 4.39 Å². The largest absolute Gasteiger partial charge is 0.247 e. The zero-order valence-electron chi connectivity index (χ0n) is 12.5. The lowest BCUT2D eigenvalue weighted by atomic mass is 10.0. The van der Waals surface area contributed by atoms with E-state index in [4.69, 9.17) is 4.99 Å². The van der Waals surface area contributed by atoms with Crippen LogP contribution in [0.2, 0.25) is 0 Å². The molecule has 0 radical (unpaired) electrons. The maximum absolute atomic E-state index is 13.3. The number of hydrogen-bond acceptors (Lipinski definition) is 3. The topological polar surface area (TPSA) is 25.2 Å². The molecular formula is C19H13FN2S. The highest BCUT2D eigenvalue weighted by Gasteiger charge is 2.19. The smallest absolute Gasteiger partial charge is 0.126 e. The predicted octanol–water partition coefficient (Wildman–Crippen LogP) is 5.16. The quantitative estimate of drug-likeness (QED) is 0.484. The SMILES string of the molecule is Cc1ccc2c(c1)C(c1ccc(F)cc1)=Nc1cccnc1S2. The van der Waals surface area contributed by atoms with Gasteiger partial charge in [0, 0.05) is 22.2 Å². The highest BCUT2D eigenvalue weighted by molar-refractivity contribution is 7.99. The lowest BCUT2D eigenvalue weighted by molar-refractivity contribution is 0.628. The molecule has 0 spiro atoms. The van der Waals surface area contributed by atoms with Gasteiger partial charge < -0.3 is 0 Å². The van der Waals surface area contributed by atoms with Crippen LogP contribution in [0.5, 0.6) is 0 Å². The Morgan fingerprint density at radius 1 is 1.00 bits per heavy atom.